The van der Waals surface area contributed by atoms with Gasteiger partial charge in [0.05, 0.1) is 5.75 Å². The van der Waals surface area contributed by atoms with Crippen LogP contribution in [0.1, 0.15) is 15.8 Å². The number of amides is 1. The molecule has 0 N–H and O–H groups in total. The summed E-state index contributed by atoms with van der Waals surface area (Å²) in [5, 5.41) is 2.26. The Morgan fingerprint density at radius 3 is 2.72 bits per heavy atom. The minimum atomic E-state index is 0.192. The van der Waals surface area contributed by atoms with Gasteiger partial charge >= 0.3 is 0 Å². The van der Waals surface area contributed by atoms with Crippen molar-refractivity contribution >= 4 is 29.0 Å². The molecule has 0 spiro atoms. The third-order valence-corrected chi connectivity index (χ3v) is 5.26. The van der Waals surface area contributed by atoms with E-state index in [1.165, 1.54) is 10.4 Å². The zero-order valence-corrected chi connectivity index (χ0v) is 11.4. The standard InChI is InChI=1S/C14H13NOS2/c16-13-10-18-14(12-7-4-8-17-12)15(13)9-11-5-2-1-3-6-11/h1-8,14H,9-10H2. The number of carbonyl (C=O) groups excluding carboxylic acids is 1. The number of hydrogen-bond acceptors (Lipinski definition) is 3. The second-order valence-electron chi connectivity index (χ2n) is 4.19. The van der Waals surface area contributed by atoms with Crippen LogP contribution in [0.25, 0.3) is 0 Å². The monoisotopic (exact) mass is 275 g/mol. The lowest BCUT2D eigenvalue weighted by Gasteiger charge is -2.23. The predicted octanol–water partition coefficient (Wildman–Crippen LogP) is 3.52. The SMILES string of the molecule is O=C1CSC(c2cccs2)N1Cc1ccccc1. The average Bonchev–Trinajstić information content (AvgIpc) is 3.02. The fourth-order valence-corrected chi connectivity index (χ4v) is 4.24. The van der Waals surface area contributed by atoms with Crippen LogP contribution in [0.3, 0.4) is 0 Å². The Labute approximate surface area is 115 Å². The molecule has 1 atom stereocenters. The molecule has 1 unspecified atom stereocenters. The zero-order chi connectivity index (χ0) is 12.4. The van der Waals surface area contributed by atoms with E-state index >= 15 is 0 Å². The third kappa shape index (κ3) is 2.31. The summed E-state index contributed by atoms with van der Waals surface area (Å²) < 4.78 is 0. The predicted molar refractivity (Wildman–Crippen MR) is 76.5 cm³/mol. The molecule has 2 nitrogen and oxygen atoms in total. The molecule has 1 aliphatic heterocycles. The summed E-state index contributed by atoms with van der Waals surface area (Å²) in [6, 6.07) is 14.3. The van der Waals surface area contributed by atoms with Gasteiger partial charge in [-0.25, -0.2) is 0 Å². The van der Waals surface area contributed by atoms with E-state index in [4.69, 9.17) is 0 Å². The first-order valence-corrected chi connectivity index (χ1v) is 7.76. The first-order valence-electron chi connectivity index (χ1n) is 5.83. The Morgan fingerprint density at radius 2 is 2.00 bits per heavy atom. The average molecular weight is 275 g/mol. The maximum absolute atomic E-state index is 12.0. The van der Waals surface area contributed by atoms with Gasteiger partial charge in [0.25, 0.3) is 0 Å². The first-order chi connectivity index (χ1) is 8.84. The van der Waals surface area contributed by atoms with Crippen LogP contribution in [-0.4, -0.2) is 16.6 Å². The van der Waals surface area contributed by atoms with Gasteiger partial charge < -0.3 is 4.90 Å². The fourth-order valence-electron chi connectivity index (χ4n) is 2.07. The van der Waals surface area contributed by atoms with E-state index < -0.39 is 0 Å². The summed E-state index contributed by atoms with van der Waals surface area (Å²) in [6.07, 6.45) is 0. The van der Waals surface area contributed by atoms with E-state index in [-0.39, 0.29) is 11.3 Å². The Kier molecular flexibility index (Phi) is 3.39. The molecule has 3 rings (SSSR count). The molecule has 1 aromatic carbocycles. The zero-order valence-electron chi connectivity index (χ0n) is 9.78. The highest BCUT2D eigenvalue weighted by Crippen LogP contribution is 2.41. The summed E-state index contributed by atoms with van der Waals surface area (Å²) in [6.45, 7) is 0.704. The van der Waals surface area contributed by atoms with Crippen LogP contribution in [0, 0.1) is 0 Å². The summed E-state index contributed by atoms with van der Waals surface area (Å²) in [5.41, 5.74) is 1.19. The Bertz CT molecular complexity index is 524. The van der Waals surface area contributed by atoms with E-state index in [2.05, 4.69) is 23.6 Å². The molecule has 0 radical (unpaired) electrons. The van der Waals surface area contributed by atoms with E-state index in [0.29, 0.717) is 12.3 Å². The first kappa shape index (κ1) is 11.8. The van der Waals surface area contributed by atoms with Crippen LogP contribution in [0.15, 0.2) is 47.8 Å². The Morgan fingerprint density at radius 1 is 1.17 bits per heavy atom. The molecule has 92 valence electrons. The minimum Gasteiger partial charge on any atom is -0.321 e. The Hall–Kier alpha value is -1.26. The third-order valence-electron chi connectivity index (χ3n) is 2.95. The second kappa shape index (κ2) is 5.16. The molecule has 2 aromatic rings. The van der Waals surface area contributed by atoms with Crippen LogP contribution in [-0.2, 0) is 11.3 Å². The van der Waals surface area contributed by atoms with Crippen molar-refractivity contribution < 1.29 is 4.79 Å². The van der Waals surface area contributed by atoms with Crippen molar-refractivity contribution in [2.75, 3.05) is 5.75 Å². The van der Waals surface area contributed by atoms with Crippen molar-refractivity contribution in [3.05, 3.63) is 58.3 Å². The quantitative estimate of drug-likeness (QED) is 0.854. The van der Waals surface area contributed by atoms with Gasteiger partial charge in [0.1, 0.15) is 5.37 Å². The number of thioether (sulfide) groups is 1. The van der Waals surface area contributed by atoms with Gasteiger partial charge in [-0.2, -0.15) is 0 Å². The van der Waals surface area contributed by atoms with Crippen molar-refractivity contribution in [1.29, 1.82) is 0 Å². The lowest BCUT2D eigenvalue weighted by atomic mass is 10.2. The smallest absolute Gasteiger partial charge is 0.234 e. The molecule has 18 heavy (non-hydrogen) atoms. The molecule has 1 amide bonds. The van der Waals surface area contributed by atoms with Gasteiger partial charge in [0.2, 0.25) is 5.91 Å². The highest BCUT2D eigenvalue weighted by molar-refractivity contribution is 8.00. The van der Waals surface area contributed by atoms with Crippen molar-refractivity contribution in [3.63, 3.8) is 0 Å². The highest BCUT2D eigenvalue weighted by Gasteiger charge is 2.33. The summed E-state index contributed by atoms with van der Waals surface area (Å²) in [7, 11) is 0. The molecule has 4 heteroatoms. The molecule has 1 fully saturated rings. The van der Waals surface area contributed by atoms with Crippen LogP contribution in [0.4, 0.5) is 0 Å². The van der Waals surface area contributed by atoms with Gasteiger partial charge in [0.15, 0.2) is 0 Å². The van der Waals surface area contributed by atoms with Crippen molar-refractivity contribution in [2.24, 2.45) is 0 Å². The van der Waals surface area contributed by atoms with Gasteiger partial charge in [-0.05, 0) is 17.0 Å². The lowest BCUT2D eigenvalue weighted by molar-refractivity contribution is -0.128. The number of hydrogen-bond donors (Lipinski definition) is 0. The number of thiophene rings is 1. The van der Waals surface area contributed by atoms with Crippen LogP contribution < -0.4 is 0 Å². The summed E-state index contributed by atoms with van der Waals surface area (Å²) >= 11 is 3.44. The van der Waals surface area contributed by atoms with Crippen molar-refractivity contribution in [3.8, 4) is 0 Å². The maximum Gasteiger partial charge on any atom is 0.234 e. The summed E-state index contributed by atoms with van der Waals surface area (Å²) in [4.78, 5) is 15.2. The molecule has 0 aliphatic carbocycles. The van der Waals surface area contributed by atoms with Crippen LogP contribution >= 0.6 is 23.1 Å². The van der Waals surface area contributed by atoms with E-state index in [9.17, 15) is 4.79 Å². The van der Waals surface area contributed by atoms with Crippen molar-refractivity contribution in [2.45, 2.75) is 11.9 Å². The molecule has 1 aliphatic rings. The van der Waals surface area contributed by atoms with Gasteiger partial charge in [-0.1, -0.05) is 36.4 Å². The molecule has 1 aromatic heterocycles. The molecule has 0 bridgehead atoms. The van der Waals surface area contributed by atoms with Gasteiger partial charge in [-0.15, -0.1) is 23.1 Å². The normalized spacial score (nSPS) is 19.4. The lowest BCUT2D eigenvalue weighted by Crippen LogP contribution is -2.27. The number of benzene rings is 1. The molecule has 0 saturated carbocycles. The molecule has 2 heterocycles. The van der Waals surface area contributed by atoms with E-state index in [1.807, 2.05) is 29.2 Å². The second-order valence-corrected chi connectivity index (χ2v) is 6.23. The minimum absolute atomic E-state index is 0.192. The molecular formula is C14H13NOS2. The van der Waals surface area contributed by atoms with E-state index in [1.54, 1.807) is 23.1 Å². The highest BCUT2D eigenvalue weighted by atomic mass is 32.2. The van der Waals surface area contributed by atoms with E-state index in [0.717, 1.165) is 0 Å². The number of carbonyl (C=O) groups is 1. The molecular weight excluding hydrogens is 262 g/mol. The number of nitrogens with zero attached hydrogens (tertiary/aromatic N) is 1. The Balaban J connectivity index is 1.82. The maximum atomic E-state index is 12.0. The molecule has 1 saturated heterocycles. The number of rotatable bonds is 3. The topological polar surface area (TPSA) is 20.3 Å². The fraction of sp³-hybridized carbons (Fsp3) is 0.214. The van der Waals surface area contributed by atoms with Gasteiger partial charge in [-0.3, -0.25) is 4.79 Å². The van der Waals surface area contributed by atoms with Gasteiger partial charge in [0, 0.05) is 11.4 Å². The largest absolute Gasteiger partial charge is 0.321 e. The van der Waals surface area contributed by atoms with Crippen molar-refractivity contribution in [1.82, 2.24) is 4.90 Å². The van der Waals surface area contributed by atoms with Crippen LogP contribution in [0.5, 0.6) is 0 Å². The van der Waals surface area contributed by atoms with Crippen LogP contribution in [0.2, 0.25) is 0 Å². The summed E-state index contributed by atoms with van der Waals surface area (Å²) in [5.74, 6) is 0.831.